The highest BCUT2D eigenvalue weighted by atomic mass is 32.2. The summed E-state index contributed by atoms with van der Waals surface area (Å²) in [4.78, 5) is 47.2. The van der Waals surface area contributed by atoms with Crippen LogP contribution in [-0.4, -0.2) is 89.1 Å². The normalized spacial score (nSPS) is 17.4. The lowest BCUT2D eigenvalue weighted by molar-refractivity contribution is -0.158. The van der Waals surface area contributed by atoms with E-state index in [2.05, 4.69) is 20.8 Å². The highest BCUT2D eigenvalue weighted by Gasteiger charge is 2.61. The Labute approximate surface area is 361 Å². The molecule has 3 atom stereocenters. The Morgan fingerprint density at radius 2 is 1.38 bits per heavy atom. The van der Waals surface area contributed by atoms with E-state index in [9.17, 15) is 22.8 Å². The number of rotatable bonds is 16. The maximum absolute atomic E-state index is 14.9. The molecule has 61 heavy (non-hydrogen) atoms. The summed E-state index contributed by atoms with van der Waals surface area (Å²) in [5, 5.41) is 1.50. The smallest absolute Gasteiger partial charge is 0.424 e. The van der Waals surface area contributed by atoms with Crippen LogP contribution in [0.4, 0.5) is 4.79 Å². The lowest BCUT2D eigenvalue weighted by Crippen LogP contribution is -2.68. The predicted molar refractivity (Wildman–Crippen MR) is 237 cm³/mol. The van der Waals surface area contributed by atoms with Crippen LogP contribution in [0.15, 0.2) is 125 Å². The van der Waals surface area contributed by atoms with Crippen LogP contribution >= 0.6 is 0 Å². The van der Waals surface area contributed by atoms with Gasteiger partial charge >= 0.3 is 18.0 Å². The Hall–Kier alpha value is -5.31. The minimum absolute atomic E-state index is 0.0458. The second kappa shape index (κ2) is 19.2. The third-order valence-corrected chi connectivity index (χ3v) is 17.5. The molecule has 0 saturated carbocycles. The Morgan fingerprint density at radius 1 is 0.836 bits per heavy atom. The molecule has 326 valence electrons. The van der Waals surface area contributed by atoms with Gasteiger partial charge in [0.1, 0.15) is 5.60 Å². The topological polar surface area (TPSA) is 147 Å². The number of carbonyl (C=O) groups excluding carboxylic acids is 3. The van der Waals surface area contributed by atoms with Crippen LogP contribution in [0.2, 0.25) is 5.04 Å². The molecule has 0 saturated heterocycles. The van der Waals surface area contributed by atoms with Crippen molar-refractivity contribution in [2.75, 3.05) is 26.9 Å². The van der Waals surface area contributed by atoms with E-state index in [1.54, 1.807) is 64.1 Å². The summed E-state index contributed by atoms with van der Waals surface area (Å²) in [6.07, 6.45) is -3.02. The van der Waals surface area contributed by atoms with E-state index in [1.807, 2.05) is 73.7 Å². The molecule has 0 unspecified atom stereocenters. The molecule has 0 spiro atoms. The van der Waals surface area contributed by atoms with Crippen molar-refractivity contribution in [3.05, 3.63) is 126 Å². The average Bonchev–Trinajstić information content (AvgIpc) is 3.61. The summed E-state index contributed by atoms with van der Waals surface area (Å²) in [6, 6.07) is 35.0. The summed E-state index contributed by atoms with van der Waals surface area (Å²) >= 11 is 0. The number of amides is 1. The van der Waals surface area contributed by atoms with Gasteiger partial charge in [0, 0.05) is 18.0 Å². The van der Waals surface area contributed by atoms with Gasteiger partial charge in [0.15, 0.2) is 6.10 Å². The minimum atomic E-state index is -4.53. The zero-order chi connectivity index (χ0) is 44.6. The lowest BCUT2D eigenvalue weighted by atomic mass is 9.76. The molecule has 0 bridgehead atoms. The molecular weight excluding hydrogens is 813 g/mol. The molecule has 0 aliphatic carbocycles. The molecule has 1 aliphatic rings. The van der Waals surface area contributed by atoms with Crippen molar-refractivity contribution in [2.24, 2.45) is 10.9 Å². The number of esters is 2. The second-order valence-corrected chi connectivity index (χ2v) is 23.2. The van der Waals surface area contributed by atoms with E-state index in [-0.39, 0.29) is 30.4 Å². The first-order chi connectivity index (χ1) is 28.8. The predicted octanol–water partition coefficient (Wildman–Crippen LogP) is 7.21. The van der Waals surface area contributed by atoms with Crippen molar-refractivity contribution in [3.63, 3.8) is 0 Å². The first-order valence-corrected chi connectivity index (χ1v) is 23.8. The van der Waals surface area contributed by atoms with Gasteiger partial charge in [-0.05, 0) is 80.7 Å². The largest absolute Gasteiger partial charge is 0.469 e. The Kier molecular flexibility index (Phi) is 14.7. The number of hydrogen-bond donors (Lipinski definition) is 0. The number of aryl methyl sites for hydroxylation is 1. The Bertz CT molecular complexity index is 2220. The van der Waals surface area contributed by atoms with Gasteiger partial charge in [0.05, 0.1) is 31.6 Å². The molecule has 0 N–H and O–H groups in total. The number of benzene rings is 4. The van der Waals surface area contributed by atoms with Gasteiger partial charge in [-0.15, -0.1) is 0 Å². The Morgan fingerprint density at radius 3 is 1.87 bits per heavy atom. The summed E-state index contributed by atoms with van der Waals surface area (Å²) in [5.74, 6) is -2.56. The van der Waals surface area contributed by atoms with E-state index >= 15 is 0 Å². The van der Waals surface area contributed by atoms with Crippen LogP contribution in [0, 0.1) is 12.8 Å². The van der Waals surface area contributed by atoms with Gasteiger partial charge in [0.25, 0.3) is 18.3 Å². The number of hydrogen-bond acceptors (Lipinski definition) is 11. The molecule has 0 fully saturated rings. The summed E-state index contributed by atoms with van der Waals surface area (Å²) < 4.78 is 60.1. The summed E-state index contributed by atoms with van der Waals surface area (Å²) in [6.45, 7) is 14.0. The maximum atomic E-state index is 14.9. The second-order valence-electron chi connectivity index (χ2n) is 17.0. The van der Waals surface area contributed by atoms with Crippen LogP contribution in [0.3, 0.4) is 0 Å². The molecule has 14 heteroatoms. The van der Waals surface area contributed by atoms with Gasteiger partial charge in [-0.25, -0.2) is 27.3 Å². The molecule has 0 radical (unpaired) electrons. The van der Waals surface area contributed by atoms with Gasteiger partial charge in [-0.2, -0.15) is 0 Å². The summed E-state index contributed by atoms with van der Waals surface area (Å²) in [7, 11) is -6.58. The molecule has 4 aromatic rings. The number of sulfonamides is 1. The maximum Gasteiger partial charge on any atom is 0.424 e. The molecular formula is C47H58N2O10SSi. The molecule has 0 aromatic heterocycles. The fourth-order valence-corrected chi connectivity index (χ4v) is 13.6. The third-order valence-electron chi connectivity index (χ3n) is 10.7. The van der Waals surface area contributed by atoms with Gasteiger partial charge in [0.2, 0.25) is 11.4 Å². The first kappa shape index (κ1) is 46.7. The molecule has 1 aliphatic heterocycles. The van der Waals surface area contributed by atoms with Crippen molar-refractivity contribution in [1.29, 1.82) is 0 Å². The average molecular weight is 871 g/mol. The summed E-state index contributed by atoms with van der Waals surface area (Å²) in [5.41, 5.74) is -1.70. The van der Waals surface area contributed by atoms with Gasteiger partial charge in [-0.3, -0.25) is 4.79 Å². The minimum Gasteiger partial charge on any atom is -0.469 e. The van der Waals surface area contributed by atoms with E-state index in [1.165, 1.54) is 19.2 Å². The fraction of sp³-hybridized carbons (Fsp3) is 0.404. The van der Waals surface area contributed by atoms with Crippen LogP contribution in [0.1, 0.15) is 72.4 Å². The lowest BCUT2D eigenvalue weighted by Gasteiger charge is -2.44. The highest BCUT2D eigenvalue weighted by molar-refractivity contribution is 7.89. The Balaban J connectivity index is 1.71. The van der Waals surface area contributed by atoms with Crippen molar-refractivity contribution >= 4 is 52.6 Å². The quantitative estimate of drug-likeness (QED) is 0.0643. The standard InChI is InChI=1S/C47H58N2O10SSi/c1-10-56-43(51)47(36(32-41(50)55-9)30-31-49(44(52)59-45(3,4)5)60(53,54)37-28-26-34(2)27-29-37)40(58-42(48-47)35-20-14-11-15-21-35)33-57-61(46(6,7)8,38-22-16-12-17-23-38)39-24-18-13-19-25-39/h11-29,36,40H,10,30-33H2,1-9H3/t36-,40-,47-/m0/s1. The van der Waals surface area contributed by atoms with Crippen LogP contribution in [-0.2, 0) is 43.0 Å². The number of methoxy groups -OCH3 is 1. The van der Waals surface area contributed by atoms with E-state index in [0.29, 0.717) is 9.87 Å². The van der Waals surface area contributed by atoms with E-state index in [4.69, 9.17) is 28.4 Å². The third kappa shape index (κ3) is 10.3. The molecule has 4 aromatic carbocycles. The van der Waals surface area contributed by atoms with Crippen molar-refractivity contribution < 1.29 is 46.2 Å². The number of carbonyl (C=O) groups is 3. The van der Waals surface area contributed by atoms with Gasteiger partial charge < -0.3 is 23.4 Å². The fourth-order valence-electron chi connectivity index (χ4n) is 7.77. The van der Waals surface area contributed by atoms with Crippen molar-refractivity contribution in [2.45, 2.75) is 95.4 Å². The van der Waals surface area contributed by atoms with E-state index < -0.39 is 77.5 Å². The number of aliphatic imine (C=N–C) groups is 1. The van der Waals surface area contributed by atoms with Crippen LogP contribution in [0.5, 0.6) is 0 Å². The molecule has 12 nitrogen and oxygen atoms in total. The van der Waals surface area contributed by atoms with Crippen LogP contribution in [0.25, 0.3) is 0 Å². The number of nitrogens with zero attached hydrogens (tertiary/aromatic N) is 2. The SMILES string of the molecule is CCOC(=O)[C@@]1([C@@H](CCN(C(=O)OC(C)(C)C)S(=O)(=O)c2ccc(C)cc2)CC(=O)OC)N=C(c2ccccc2)O[C@H]1CO[Si](c1ccccc1)(c1ccccc1)C(C)(C)C. The zero-order valence-electron chi connectivity index (χ0n) is 36.5. The molecule has 5 rings (SSSR count). The number of ether oxygens (including phenoxy) is 4. The van der Waals surface area contributed by atoms with Crippen LogP contribution < -0.4 is 10.4 Å². The highest BCUT2D eigenvalue weighted by Crippen LogP contribution is 2.43. The van der Waals surface area contributed by atoms with Crippen molar-refractivity contribution in [3.8, 4) is 0 Å². The zero-order valence-corrected chi connectivity index (χ0v) is 38.4. The molecule has 1 heterocycles. The monoisotopic (exact) mass is 870 g/mol. The molecule has 1 amide bonds. The van der Waals surface area contributed by atoms with Gasteiger partial charge in [-0.1, -0.05) is 117 Å². The first-order valence-electron chi connectivity index (χ1n) is 20.4. The van der Waals surface area contributed by atoms with E-state index in [0.717, 1.165) is 15.9 Å². The van der Waals surface area contributed by atoms with Crippen molar-refractivity contribution in [1.82, 2.24) is 4.31 Å².